The summed E-state index contributed by atoms with van der Waals surface area (Å²) < 4.78 is 2.11. The Morgan fingerprint density at radius 1 is 1.18 bits per heavy atom. The second kappa shape index (κ2) is 11.6. The van der Waals surface area contributed by atoms with E-state index in [1.807, 2.05) is 18.4 Å². The van der Waals surface area contributed by atoms with Gasteiger partial charge in [0.25, 0.3) is 5.91 Å². The van der Waals surface area contributed by atoms with E-state index in [0.29, 0.717) is 17.7 Å². The number of aromatic amines is 1. The van der Waals surface area contributed by atoms with Gasteiger partial charge in [0.1, 0.15) is 0 Å². The van der Waals surface area contributed by atoms with Gasteiger partial charge in [0.15, 0.2) is 0 Å². The molecule has 2 aromatic heterocycles. The number of unbranched alkanes of at least 4 members (excludes halogenated alkanes) is 2. The van der Waals surface area contributed by atoms with Crippen LogP contribution >= 0.6 is 11.3 Å². The van der Waals surface area contributed by atoms with Crippen molar-refractivity contribution in [2.75, 3.05) is 39.8 Å². The van der Waals surface area contributed by atoms with Crippen LogP contribution in [-0.2, 0) is 17.9 Å². The zero-order chi connectivity index (χ0) is 23.9. The van der Waals surface area contributed by atoms with Crippen molar-refractivity contribution in [2.45, 2.75) is 39.3 Å². The monoisotopic (exact) mass is 482 g/mol. The number of hydrogen-bond acceptors (Lipinski definition) is 5. The summed E-state index contributed by atoms with van der Waals surface area (Å²) in [5, 5.41) is 4.57. The van der Waals surface area contributed by atoms with Crippen LogP contribution < -0.4 is 10.9 Å². The first-order valence-corrected chi connectivity index (χ1v) is 12.8. The van der Waals surface area contributed by atoms with Crippen molar-refractivity contribution in [2.24, 2.45) is 4.99 Å². The van der Waals surface area contributed by atoms with Gasteiger partial charge in [-0.25, -0.2) is 0 Å². The SMILES string of the molecule is Cc1cc(C(=O)/N=c2\[nH]c3cc(CN4CCN(C)CC4)ccc3n2CCCCCNC=O)cs1. The number of imidazole rings is 1. The van der Waals surface area contributed by atoms with Gasteiger partial charge in [-0.2, -0.15) is 4.99 Å². The number of carbonyl (C=O) groups excluding carboxylic acids is 2. The summed E-state index contributed by atoms with van der Waals surface area (Å²) in [6.07, 6.45) is 3.59. The molecule has 0 spiro atoms. The minimum Gasteiger partial charge on any atom is -0.359 e. The normalized spacial score (nSPS) is 15.8. The minimum absolute atomic E-state index is 0.225. The predicted molar refractivity (Wildman–Crippen MR) is 136 cm³/mol. The van der Waals surface area contributed by atoms with E-state index >= 15 is 0 Å². The molecule has 1 aliphatic heterocycles. The maximum atomic E-state index is 12.8. The van der Waals surface area contributed by atoms with E-state index in [1.165, 1.54) is 5.56 Å². The molecule has 0 atom stereocenters. The number of fused-ring (bicyclic) bond motifs is 1. The van der Waals surface area contributed by atoms with Gasteiger partial charge in [0, 0.05) is 56.1 Å². The molecule has 4 rings (SSSR count). The lowest BCUT2D eigenvalue weighted by molar-refractivity contribution is -0.109. The molecule has 3 heterocycles. The van der Waals surface area contributed by atoms with Gasteiger partial charge in [-0.1, -0.05) is 6.07 Å². The molecule has 3 aromatic rings. The maximum Gasteiger partial charge on any atom is 0.281 e. The molecule has 8 nitrogen and oxygen atoms in total. The van der Waals surface area contributed by atoms with Gasteiger partial charge in [-0.05, 0) is 57.0 Å². The average Bonchev–Trinajstić information content (AvgIpc) is 3.41. The van der Waals surface area contributed by atoms with Crippen LogP contribution in [0.3, 0.4) is 0 Å². The third-order valence-corrected chi connectivity index (χ3v) is 7.19. The fourth-order valence-corrected chi connectivity index (χ4v) is 5.02. The van der Waals surface area contributed by atoms with Gasteiger partial charge < -0.3 is 19.8 Å². The zero-order valence-corrected chi connectivity index (χ0v) is 20.9. The zero-order valence-electron chi connectivity index (χ0n) is 20.0. The summed E-state index contributed by atoms with van der Waals surface area (Å²) in [7, 11) is 2.17. The topological polar surface area (TPSA) is 85.7 Å². The molecule has 1 aromatic carbocycles. The first-order chi connectivity index (χ1) is 16.5. The number of rotatable bonds is 10. The van der Waals surface area contributed by atoms with Gasteiger partial charge in [-0.3, -0.25) is 14.5 Å². The van der Waals surface area contributed by atoms with Gasteiger partial charge in [-0.15, -0.1) is 11.3 Å². The molecular weight excluding hydrogens is 448 g/mol. The van der Waals surface area contributed by atoms with E-state index in [1.54, 1.807) is 11.3 Å². The number of thiophene rings is 1. The molecule has 182 valence electrons. The second-order valence-electron chi connectivity index (χ2n) is 9.03. The van der Waals surface area contributed by atoms with Crippen molar-refractivity contribution in [3.8, 4) is 0 Å². The smallest absolute Gasteiger partial charge is 0.281 e. The number of carbonyl (C=O) groups is 2. The first-order valence-electron chi connectivity index (χ1n) is 12.0. The Kier molecular flexibility index (Phi) is 8.31. The molecule has 0 aliphatic carbocycles. The molecule has 0 unspecified atom stereocenters. The molecule has 1 aliphatic rings. The van der Waals surface area contributed by atoms with Crippen LogP contribution in [0.2, 0.25) is 0 Å². The number of aryl methyl sites for hydroxylation is 2. The molecule has 2 N–H and O–H groups in total. The van der Waals surface area contributed by atoms with E-state index in [-0.39, 0.29) is 5.91 Å². The number of piperazine rings is 1. The van der Waals surface area contributed by atoms with Crippen LogP contribution in [0.1, 0.15) is 40.1 Å². The van der Waals surface area contributed by atoms with Gasteiger partial charge in [0.05, 0.1) is 16.6 Å². The number of aromatic nitrogens is 2. The Labute approximate surface area is 204 Å². The summed E-state index contributed by atoms with van der Waals surface area (Å²) in [6, 6.07) is 8.41. The van der Waals surface area contributed by atoms with Crippen molar-refractivity contribution in [3.05, 3.63) is 51.3 Å². The Morgan fingerprint density at radius 2 is 2.00 bits per heavy atom. The van der Waals surface area contributed by atoms with Crippen LogP contribution in [0.5, 0.6) is 0 Å². The molecule has 2 amide bonds. The van der Waals surface area contributed by atoms with E-state index < -0.39 is 0 Å². The van der Waals surface area contributed by atoms with Gasteiger partial charge >= 0.3 is 0 Å². The number of likely N-dealkylation sites (N-methyl/N-ethyl adjacent to an activating group) is 1. The largest absolute Gasteiger partial charge is 0.359 e. The van der Waals surface area contributed by atoms with Gasteiger partial charge in [0.2, 0.25) is 12.0 Å². The average molecular weight is 483 g/mol. The third kappa shape index (κ3) is 6.22. The number of amides is 2. The number of nitrogens with one attached hydrogen (secondary N) is 2. The molecule has 0 bridgehead atoms. The Hall–Kier alpha value is -2.75. The van der Waals surface area contributed by atoms with E-state index in [4.69, 9.17) is 0 Å². The minimum atomic E-state index is -0.225. The summed E-state index contributed by atoms with van der Waals surface area (Å²) in [5.41, 5.74) is 4.54. The van der Waals surface area contributed by atoms with Crippen LogP contribution in [0, 0.1) is 6.92 Å². The van der Waals surface area contributed by atoms with Crippen LogP contribution in [-0.4, -0.2) is 71.4 Å². The first kappa shape index (κ1) is 24.4. The van der Waals surface area contributed by atoms with Crippen LogP contribution in [0.15, 0.2) is 34.6 Å². The van der Waals surface area contributed by atoms with Crippen LogP contribution in [0.4, 0.5) is 0 Å². The Bertz CT molecular complexity index is 1190. The fraction of sp³-hybridized carbons (Fsp3) is 0.480. The van der Waals surface area contributed by atoms with E-state index in [2.05, 4.69) is 54.9 Å². The molecule has 0 saturated carbocycles. The summed E-state index contributed by atoms with van der Waals surface area (Å²) >= 11 is 1.56. The Balaban J connectivity index is 1.57. The number of H-pyrrole nitrogens is 1. The highest BCUT2D eigenvalue weighted by Gasteiger charge is 2.15. The van der Waals surface area contributed by atoms with Crippen molar-refractivity contribution < 1.29 is 9.59 Å². The third-order valence-electron chi connectivity index (χ3n) is 6.33. The summed E-state index contributed by atoms with van der Waals surface area (Å²) in [5.74, 6) is -0.225. The summed E-state index contributed by atoms with van der Waals surface area (Å²) in [4.78, 5) is 37.1. The number of benzene rings is 1. The van der Waals surface area contributed by atoms with Crippen molar-refractivity contribution >= 4 is 34.7 Å². The highest BCUT2D eigenvalue weighted by Crippen LogP contribution is 2.17. The van der Waals surface area contributed by atoms with Crippen LogP contribution in [0.25, 0.3) is 11.0 Å². The highest BCUT2D eigenvalue weighted by atomic mass is 32.1. The Morgan fingerprint density at radius 3 is 2.74 bits per heavy atom. The lowest BCUT2D eigenvalue weighted by Crippen LogP contribution is -2.43. The van der Waals surface area contributed by atoms with Crippen molar-refractivity contribution in [1.82, 2.24) is 24.7 Å². The second-order valence-corrected chi connectivity index (χ2v) is 10.1. The lowest BCUT2D eigenvalue weighted by atomic mass is 10.1. The molecule has 9 heteroatoms. The standard InChI is InChI=1S/C25H34N6O2S/c1-19-14-21(17-34-19)24(33)28-25-27-22-15-20(16-30-12-10-29(2)11-13-30)6-7-23(22)31(25)9-5-3-4-8-26-18-32/h6-7,14-15,17-18H,3-5,8-13,16H2,1-2H3,(H,26,32)(H,27,28,33). The predicted octanol–water partition coefficient (Wildman–Crippen LogP) is 2.74. The van der Waals surface area contributed by atoms with E-state index in [0.717, 1.165) is 80.9 Å². The maximum absolute atomic E-state index is 12.8. The summed E-state index contributed by atoms with van der Waals surface area (Å²) in [6.45, 7) is 8.71. The molecular formula is C25H34N6O2S. The molecule has 34 heavy (non-hydrogen) atoms. The highest BCUT2D eigenvalue weighted by molar-refractivity contribution is 7.10. The molecule has 0 radical (unpaired) electrons. The fourth-order valence-electron chi connectivity index (χ4n) is 4.35. The van der Waals surface area contributed by atoms with Crippen molar-refractivity contribution in [1.29, 1.82) is 0 Å². The molecule has 1 fully saturated rings. The number of hydrogen-bond donors (Lipinski definition) is 2. The lowest BCUT2D eigenvalue weighted by Gasteiger charge is -2.32. The van der Waals surface area contributed by atoms with Crippen molar-refractivity contribution in [3.63, 3.8) is 0 Å². The molecule has 1 saturated heterocycles. The quantitative estimate of drug-likeness (QED) is 0.344. The van der Waals surface area contributed by atoms with E-state index in [9.17, 15) is 9.59 Å². The number of nitrogens with zero attached hydrogens (tertiary/aromatic N) is 4.